The van der Waals surface area contributed by atoms with E-state index in [4.69, 9.17) is 0 Å². The summed E-state index contributed by atoms with van der Waals surface area (Å²) in [6, 6.07) is 5.80. The van der Waals surface area contributed by atoms with E-state index in [2.05, 4.69) is 4.98 Å². The summed E-state index contributed by atoms with van der Waals surface area (Å²) >= 11 is 1.46. The molecule has 2 amide bonds. The molecule has 5 nitrogen and oxygen atoms in total. The number of halogens is 1. The molecular formula is C19H22FN3O2S. The van der Waals surface area contributed by atoms with E-state index in [1.165, 1.54) is 23.5 Å². The third-order valence-electron chi connectivity index (χ3n) is 4.62. The molecule has 0 unspecified atom stereocenters. The van der Waals surface area contributed by atoms with Crippen LogP contribution >= 0.6 is 11.3 Å². The number of aromatic nitrogens is 1. The molecule has 1 aliphatic rings. The minimum atomic E-state index is -0.401. The van der Waals surface area contributed by atoms with Gasteiger partial charge < -0.3 is 9.80 Å². The van der Waals surface area contributed by atoms with Crippen LogP contribution in [0.15, 0.2) is 24.3 Å². The van der Waals surface area contributed by atoms with Crippen LogP contribution in [0.5, 0.6) is 0 Å². The quantitative estimate of drug-likeness (QED) is 0.827. The Morgan fingerprint density at radius 1 is 1.27 bits per heavy atom. The van der Waals surface area contributed by atoms with Crippen LogP contribution in [0.1, 0.15) is 49.5 Å². The van der Waals surface area contributed by atoms with Gasteiger partial charge in [0, 0.05) is 38.7 Å². The van der Waals surface area contributed by atoms with Crippen molar-refractivity contribution in [2.45, 2.75) is 25.7 Å². The lowest BCUT2D eigenvalue weighted by Gasteiger charge is -2.31. The van der Waals surface area contributed by atoms with Gasteiger partial charge in [0.05, 0.1) is 10.7 Å². The van der Waals surface area contributed by atoms with Gasteiger partial charge >= 0.3 is 0 Å². The van der Waals surface area contributed by atoms with Gasteiger partial charge in [-0.05, 0) is 38.0 Å². The second-order valence-electron chi connectivity index (χ2n) is 6.74. The molecular weight excluding hydrogens is 353 g/mol. The SMILES string of the molecule is Cc1nc(C2CCN(C(=O)c3cccc(F)c3)CC2)sc1C(=O)N(C)C. The van der Waals surface area contributed by atoms with Crippen molar-refractivity contribution in [1.82, 2.24) is 14.8 Å². The van der Waals surface area contributed by atoms with Crippen LogP contribution in [0.25, 0.3) is 0 Å². The van der Waals surface area contributed by atoms with E-state index in [0.717, 1.165) is 23.5 Å². The van der Waals surface area contributed by atoms with Gasteiger partial charge in [0.25, 0.3) is 11.8 Å². The standard InChI is InChI=1S/C19H22FN3O2S/c1-12-16(19(25)22(2)3)26-17(21-12)13-7-9-23(10-8-13)18(24)14-5-4-6-15(20)11-14/h4-6,11,13H,7-10H2,1-3H3. The Balaban J connectivity index is 1.66. The van der Waals surface area contributed by atoms with Gasteiger partial charge in [0.1, 0.15) is 10.7 Å². The Kier molecular flexibility index (Phi) is 5.36. The van der Waals surface area contributed by atoms with Crippen molar-refractivity contribution in [2.75, 3.05) is 27.2 Å². The van der Waals surface area contributed by atoms with E-state index in [1.54, 1.807) is 36.0 Å². The fraction of sp³-hybridized carbons (Fsp3) is 0.421. The van der Waals surface area contributed by atoms with Gasteiger partial charge in [-0.15, -0.1) is 11.3 Å². The smallest absolute Gasteiger partial charge is 0.265 e. The number of hydrogen-bond donors (Lipinski definition) is 0. The molecule has 3 rings (SSSR count). The average molecular weight is 375 g/mol. The molecule has 1 aromatic heterocycles. The number of piperidine rings is 1. The molecule has 2 aromatic rings. The maximum atomic E-state index is 13.3. The summed E-state index contributed by atoms with van der Waals surface area (Å²) in [7, 11) is 3.47. The Labute approximate surface area is 156 Å². The highest BCUT2D eigenvalue weighted by atomic mass is 32.1. The van der Waals surface area contributed by atoms with Gasteiger partial charge in [0.2, 0.25) is 0 Å². The van der Waals surface area contributed by atoms with Gasteiger partial charge in [0.15, 0.2) is 0 Å². The Hall–Kier alpha value is -2.28. The molecule has 0 radical (unpaired) electrons. The average Bonchev–Trinajstić information content (AvgIpc) is 3.02. The van der Waals surface area contributed by atoms with Crippen LogP contribution in [-0.2, 0) is 0 Å². The fourth-order valence-corrected chi connectivity index (χ4v) is 4.38. The number of aryl methyl sites for hydroxylation is 1. The number of rotatable bonds is 3. The predicted octanol–water partition coefficient (Wildman–Crippen LogP) is 3.31. The lowest BCUT2D eigenvalue weighted by atomic mass is 9.97. The zero-order valence-electron chi connectivity index (χ0n) is 15.2. The first-order valence-corrected chi connectivity index (χ1v) is 9.42. The number of likely N-dealkylation sites (tertiary alicyclic amines) is 1. The molecule has 1 fully saturated rings. The largest absolute Gasteiger partial charge is 0.344 e. The Morgan fingerprint density at radius 3 is 2.58 bits per heavy atom. The maximum Gasteiger partial charge on any atom is 0.265 e. The Morgan fingerprint density at radius 2 is 1.96 bits per heavy atom. The number of hydrogen-bond acceptors (Lipinski definition) is 4. The lowest BCUT2D eigenvalue weighted by Crippen LogP contribution is -2.37. The van der Waals surface area contributed by atoms with Crippen LogP contribution in [0.4, 0.5) is 4.39 Å². The van der Waals surface area contributed by atoms with Crippen molar-refractivity contribution in [1.29, 1.82) is 0 Å². The molecule has 0 spiro atoms. The van der Waals surface area contributed by atoms with E-state index in [0.29, 0.717) is 23.5 Å². The molecule has 0 aliphatic carbocycles. The highest BCUT2D eigenvalue weighted by Gasteiger charge is 2.28. The summed E-state index contributed by atoms with van der Waals surface area (Å²) < 4.78 is 13.3. The molecule has 1 aliphatic heterocycles. The molecule has 1 aromatic carbocycles. The fourth-order valence-electron chi connectivity index (χ4n) is 3.13. The summed E-state index contributed by atoms with van der Waals surface area (Å²) in [5.41, 5.74) is 1.15. The predicted molar refractivity (Wildman–Crippen MR) is 99.1 cm³/mol. The summed E-state index contributed by atoms with van der Waals surface area (Å²) in [4.78, 5) is 33.3. The number of nitrogens with zero attached hydrogens (tertiary/aromatic N) is 3. The molecule has 1 saturated heterocycles. The monoisotopic (exact) mass is 375 g/mol. The van der Waals surface area contributed by atoms with E-state index in [1.807, 2.05) is 6.92 Å². The molecule has 0 saturated carbocycles. The van der Waals surface area contributed by atoms with Crippen molar-refractivity contribution >= 4 is 23.2 Å². The first kappa shape index (κ1) is 18.5. The summed E-state index contributed by atoms with van der Waals surface area (Å²) in [5.74, 6) is -0.312. The molecule has 26 heavy (non-hydrogen) atoms. The highest BCUT2D eigenvalue weighted by molar-refractivity contribution is 7.13. The first-order valence-electron chi connectivity index (χ1n) is 8.60. The van der Waals surface area contributed by atoms with E-state index in [-0.39, 0.29) is 17.7 Å². The summed E-state index contributed by atoms with van der Waals surface area (Å²) in [6.45, 7) is 3.07. The van der Waals surface area contributed by atoms with Crippen molar-refractivity contribution in [3.8, 4) is 0 Å². The lowest BCUT2D eigenvalue weighted by molar-refractivity contribution is 0.0712. The molecule has 0 atom stereocenters. The van der Waals surface area contributed by atoms with Crippen molar-refractivity contribution in [2.24, 2.45) is 0 Å². The third kappa shape index (κ3) is 3.77. The zero-order valence-corrected chi connectivity index (χ0v) is 16.0. The van der Waals surface area contributed by atoms with Crippen molar-refractivity contribution in [3.05, 3.63) is 51.2 Å². The number of carbonyl (C=O) groups is 2. The molecule has 0 bridgehead atoms. The Bertz CT molecular complexity index is 826. The second-order valence-corrected chi connectivity index (χ2v) is 7.77. The van der Waals surface area contributed by atoms with Crippen molar-refractivity contribution < 1.29 is 14.0 Å². The summed E-state index contributed by atoms with van der Waals surface area (Å²) in [5, 5.41) is 0.963. The van der Waals surface area contributed by atoms with Gasteiger partial charge in [-0.3, -0.25) is 9.59 Å². The molecule has 2 heterocycles. The highest BCUT2D eigenvalue weighted by Crippen LogP contribution is 2.33. The molecule has 0 N–H and O–H groups in total. The van der Waals surface area contributed by atoms with Gasteiger partial charge in [-0.1, -0.05) is 6.07 Å². The first-order chi connectivity index (χ1) is 12.4. The zero-order chi connectivity index (χ0) is 18.8. The van der Waals surface area contributed by atoms with Crippen molar-refractivity contribution in [3.63, 3.8) is 0 Å². The van der Waals surface area contributed by atoms with Crippen LogP contribution in [0.3, 0.4) is 0 Å². The topological polar surface area (TPSA) is 53.5 Å². The number of carbonyl (C=O) groups excluding carboxylic acids is 2. The molecule has 7 heteroatoms. The number of thiazole rings is 1. The minimum absolute atomic E-state index is 0.0232. The van der Waals surface area contributed by atoms with Gasteiger partial charge in [-0.25, -0.2) is 9.37 Å². The third-order valence-corrected chi connectivity index (χ3v) is 5.92. The van der Waals surface area contributed by atoms with Crippen LogP contribution in [-0.4, -0.2) is 53.8 Å². The van der Waals surface area contributed by atoms with E-state index < -0.39 is 5.82 Å². The van der Waals surface area contributed by atoms with Crippen LogP contribution < -0.4 is 0 Å². The maximum absolute atomic E-state index is 13.3. The van der Waals surface area contributed by atoms with E-state index in [9.17, 15) is 14.0 Å². The minimum Gasteiger partial charge on any atom is -0.344 e. The second kappa shape index (κ2) is 7.53. The number of amides is 2. The normalized spacial score (nSPS) is 15.2. The van der Waals surface area contributed by atoms with Gasteiger partial charge in [-0.2, -0.15) is 0 Å². The van der Waals surface area contributed by atoms with Crippen LogP contribution in [0.2, 0.25) is 0 Å². The molecule has 138 valence electrons. The van der Waals surface area contributed by atoms with Crippen LogP contribution in [0, 0.1) is 12.7 Å². The van der Waals surface area contributed by atoms with E-state index >= 15 is 0 Å². The summed E-state index contributed by atoms with van der Waals surface area (Å²) in [6.07, 6.45) is 1.59. The number of benzene rings is 1.